The zero-order valence-corrected chi connectivity index (χ0v) is 11.9. The first-order valence-electron chi connectivity index (χ1n) is 5.85. The van der Waals surface area contributed by atoms with Crippen LogP contribution < -0.4 is 0 Å². The average molecular weight is 244 g/mol. The summed E-state index contributed by atoms with van der Waals surface area (Å²) in [6.45, 7) is 12.1. The van der Waals surface area contributed by atoms with Crippen molar-refractivity contribution in [1.82, 2.24) is 0 Å². The maximum Gasteiger partial charge on any atom is 0.324 e. The molecule has 17 heavy (non-hydrogen) atoms. The van der Waals surface area contributed by atoms with Crippen molar-refractivity contribution in [3.05, 3.63) is 0 Å². The van der Waals surface area contributed by atoms with Crippen LogP contribution in [0.4, 0.5) is 0 Å². The monoisotopic (exact) mass is 244 g/mol. The van der Waals surface area contributed by atoms with Crippen molar-refractivity contribution >= 4 is 11.9 Å². The molecule has 0 fully saturated rings. The fourth-order valence-electron chi connectivity index (χ4n) is 1.91. The molecule has 0 aromatic rings. The molecule has 0 saturated carbocycles. The van der Waals surface area contributed by atoms with E-state index in [2.05, 4.69) is 0 Å². The summed E-state index contributed by atoms with van der Waals surface area (Å²) < 4.78 is 5.26. The van der Waals surface area contributed by atoms with Gasteiger partial charge >= 0.3 is 11.9 Å². The van der Waals surface area contributed by atoms with Crippen LogP contribution in [0.1, 0.15) is 54.9 Å². The molecular weight excluding hydrogens is 220 g/mol. The highest BCUT2D eigenvalue weighted by atomic mass is 16.6. The lowest BCUT2D eigenvalue weighted by Gasteiger charge is -2.39. The van der Waals surface area contributed by atoms with E-state index in [0.29, 0.717) is 0 Å². The predicted octanol–water partition coefficient (Wildman–Crippen LogP) is 2.86. The Labute approximate surface area is 103 Å². The standard InChI is InChI=1S/C13H24O4/c1-8-13(9(14)15,11(2,3)4)10(16)17-12(5,6)7/h8H2,1-7H3,(H,14,15). The Morgan fingerprint density at radius 2 is 1.47 bits per heavy atom. The zero-order valence-electron chi connectivity index (χ0n) is 11.9. The summed E-state index contributed by atoms with van der Waals surface area (Å²) >= 11 is 0. The van der Waals surface area contributed by atoms with E-state index in [1.165, 1.54) is 0 Å². The van der Waals surface area contributed by atoms with E-state index >= 15 is 0 Å². The van der Waals surface area contributed by atoms with E-state index in [0.717, 1.165) is 0 Å². The molecule has 0 aliphatic heterocycles. The SMILES string of the molecule is CCC(C(=O)O)(C(=O)OC(C)(C)C)C(C)(C)C. The molecule has 4 nitrogen and oxygen atoms in total. The van der Waals surface area contributed by atoms with E-state index in [4.69, 9.17) is 4.74 Å². The fraction of sp³-hybridized carbons (Fsp3) is 0.846. The third kappa shape index (κ3) is 3.20. The van der Waals surface area contributed by atoms with Gasteiger partial charge in [-0.15, -0.1) is 0 Å². The van der Waals surface area contributed by atoms with Crippen molar-refractivity contribution in [1.29, 1.82) is 0 Å². The number of hydrogen-bond acceptors (Lipinski definition) is 3. The number of carbonyl (C=O) groups is 2. The number of hydrogen-bond donors (Lipinski definition) is 1. The first-order valence-corrected chi connectivity index (χ1v) is 5.85. The summed E-state index contributed by atoms with van der Waals surface area (Å²) in [6, 6.07) is 0. The van der Waals surface area contributed by atoms with Crippen LogP contribution in [0.2, 0.25) is 0 Å². The quantitative estimate of drug-likeness (QED) is 0.612. The van der Waals surface area contributed by atoms with Crippen molar-refractivity contribution in [3.63, 3.8) is 0 Å². The molecule has 100 valence electrons. The third-order valence-corrected chi connectivity index (χ3v) is 2.92. The normalized spacial score (nSPS) is 16.2. The van der Waals surface area contributed by atoms with Crippen LogP contribution in [0, 0.1) is 10.8 Å². The number of rotatable bonds is 3. The number of carbonyl (C=O) groups excluding carboxylic acids is 1. The maximum absolute atomic E-state index is 12.2. The molecular formula is C13H24O4. The molecule has 1 unspecified atom stereocenters. The van der Waals surface area contributed by atoms with Gasteiger partial charge in [-0.2, -0.15) is 0 Å². The molecule has 0 aliphatic carbocycles. The van der Waals surface area contributed by atoms with Gasteiger partial charge in [-0.25, -0.2) is 0 Å². The van der Waals surface area contributed by atoms with Crippen LogP contribution in [-0.4, -0.2) is 22.6 Å². The Morgan fingerprint density at radius 1 is 1.06 bits per heavy atom. The van der Waals surface area contributed by atoms with Gasteiger partial charge in [-0.1, -0.05) is 27.7 Å². The second-order valence-corrected chi connectivity index (χ2v) is 6.32. The molecule has 0 amide bonds. The highest BCUT2D eigenvalue weighted by Gasteiger charge is 2.55. The van der Waals surface area contributed by atoms with Crippen molar-refractivity contribution in [2.75, 3.05) is 0 Å². The van der Waals surface area contributed by atoms with Crippen LogP contribution in [0.15, 0.2) is 0 Å². The molecule has 0 aromatic carbocycles. The molecule has 4 heteroatoms. The number of carboxylic acid groups (broad SMARTS) is 1. The summed E-state index contributed by atoms with van der Waals surface area (Å²) in [5.74, 6) is -1.78. The van der Waals surface area contributed by atoms with Gasteiger partial charge in [-0.3, -0.25) is 9.59 Å². The van der Waals surface area contributed by atoms with Gasteiger partial charge in [0.1, 0.15) is 5.60 Å². The van der Waals surface area contributed by atoms with E-state index in [-0.39, 0.29) is 6.42 Å². The van der Waals surface area contributed by atoms with Crippen molar-refractivity contribution < 1.29 is 19.4 Å². The molecule has 1 atom stereocenters. The molecule has 1 N–H and O–H groups in total. The second-order valence-electron chi connectivity index (χ2n) is 6.32. The van der Waals surface area contributed by atoms with E-state index in [9.17, 15) is 14.7 Å². The van der Waals surface area contributed by atoms with Crippen molar-refractivity contribution in [2.45, 2.75) is 60.5 Å². The molecule has 0 saturated heterocycles. The summed E-state index contributed by atoms with van der Waals surface area (Å²) in [4.78, 5) is 23.7. The molecule has 0 aliphatic rings. The van der Waals surface area contributed by atoms with Crippen LogP contribution in [0.25, 0.3) is 0 Å². The summed E-state index contributed by atoms with van der Waals surface area (Å²) in [7, 11) is 0. The predicted molar refractivity (Wildman–Crippen MR) is 65.7 cm³/mol. The molecule has 0 aromatic heterocycles. The first-order chi connectivity index (χ1) is 7.38. The maximum atomic E-state index is 12.2. The minimum absolute atomic E-state index is 0.209. The van der Waals surface area contributed by atoms with Gasteiger partial charge in [0, 0.05) is 0 Å². The summed E-state index contributed by atoms with van der Waals surface area (Å²) in [5.41, 5.74) is -2.88. The summed E-state index contributed by atoms with van der Waals surface area (Å²) in [6.07, 6.45) is 0.209. The van der Waals surface area contributed by atoms with E-state index in [1.807, 2.05) is 0 Å². The Morgan fingerprint density at radius 3 is 1.65 bits per heavy atom. The lowest BCUT2D eigenvalue weighted by molar-refractivity contribution is -0.186. The smallest absolute Gasteiger partial charge is 0.324 e. The number of carboxylic acids is 1. The summed E-state index contributed by atoms with van der Waals surface area (Å²) in [5, 5.41) is 9.43. The number of ether oxygens (including phenoxy) is 1. The Hall–Kier alpha value is -1.06. The van der Waals surface area contributed by atoms with Gasteiger partial charge in [0.25, 0.3) is 0 Å². The Kier molecular flexibility index (Phi) is 4.38. The number of aliphatic carboxylic acids is 1. The minimum atomic E-state index is -1.50. The first kappa shape index (κ1) is 15.9. The Balaban J connectivity index is 5.50. The lowest BCUT2D eigenvalue weighted by Crippen LogP contribution is -2.51. The van der Waals surface area contributed by atoms with Crippen molar-refractivity contribution in [2.24, 2.45) is 10.8 Å². The third-order valence-electron chi connectivity index (χ3n) is 2.92. The minimum Gasteiger partial charge on any atom is -0.480 e. The van der Waals surface area contributed by atoms with Crippen LogP contribution in [-0.2, 0) is 14.3 Å². The topological polar surface area (TPSA) is 63.6 Å². The second kappa shape index (κ2) is 4.67. The van der Waals surface area contributed by atoms with Crippen LogP contribution in [0.5, 0.6) is 0 Å². The van der Waals surface area contributed by atoms with Gasteiger partial charge in [0.15, 0.2) is 5.41 Å². The van der Waals surface area contributed by atoms with Gasteiger partial charge in [0.05, 0.1) is 0 Å². The zero-order chi connectivity index (χ0) is 14.1. The fourth-order valence-corrected chi connectivity index (χ4v) is 1.91. The molecule has 0 rings (SSSR count). The van der Waals surface area contributed by atoms with Crippen LogP contribution >= 0.6 is 0 Å². The van der Waals surface area contributed by atoms with Gasteiger partial charge < -0.3 is 9.84 Å². The van der Waals surface area contributed by atoms with E-state index < -0.39 is 28.4 Å². The molecule has 0 bridgehead atoms. The average Bonchev–Trinajstić information content (AvgIpc) is 1.97. The lowest BCUT2D eigenvalue weighted by atomic mass is 9.65. The Bertz CT molecular complexity index is 306. The van der Waals surface area contributed by atoms with Crippen LogP contribution in [0.3, 0.4) is 0 Å². The highest BCUT2D eigenvalue weighted by Crippen LogP contribution is 2.43. The van der Waals surface area contributed by atoms with Gasteiger partial charge in [0.2, 0.25) is 0 Å². The molecule has 0 heterocycles. The highest BCUT2D eigenvalue weighted by molar-refractivity contribution is 6.00. The van der Waals surface area contributed by atoms with Gasteiger partial charge in [-0.05, 0) is 32.6 Å². The largest absolute Gasteiger partial charge is 0.480 e. The van der Waals surface area contributed by atoms with E-state index in [1.54, 1.807) is 48.5 Å². The molecule has 0 spiro atoms. The van der Waals surface area contributed by atoms with Crippen molar-refractivity contribution in [3.8, 4) is 0 Å². The number of esters is 1. The molecule has 0 radical (unpaired) electrons.